The number of aromatic nitrogens is 3. The molecule has 1 unspecified atom stereocenters. The molecule has 0 bridgehead atoms. The van der Waals surface area contributed by atoms with Crippen LogP contribution in [-0.2, 0) is 0 Å². The van der Waals surface area contributed by atoms with Crippen molar-refractivity contribution in [2.45, 2.75) is 32.7 Å². The highest BCUT2D eigenvalue weighted by molar-refractivity contribution is 5.86. The standard InChI is InChI=1S/C9H13N3O2/c1-5(7-3-4-7)12-6(2)8(9(13)14)10-11-12/h5,7H,3-4H2,1-2H3,(H,13,14). The van der Waals surface area contributed by atoms with Gasteiger partial charge in [0.1, 0.15) is 0 Å². The van der Waals surface area contributed by atoms with Crippen LogP contribution in [0.15, 0.2) is 0 Å². The van der Waals surface area contributed by atoms with Gasteiger partial charge in [0.2, 0.25) is 0 Å². The van der Waals surface area contributed by atoms with Gasteiger partial charge in [-0.3, -0.25) is 0 Å². The van der Waals surface area contributed by atoms with Crippen LogP contribution in [0.4, 0.5) is 0 Å². The van der Waals surface area contributed by atoms with Crippen molar-refractivity contribution in [2.24, 2.45) is 5.92 Å². The molecule has 14 heavy (non-hydrogen) atoms. The fraction of sp³-hybridized carbons (Fsp3) is 0.667. The van der Waals surface area contributed by atoms with Crippen molar-refractivity contribution in [3.05, 3.63) is 11.4 Å². The summed E-state index contributed by atoms with van der Waals surface area (Å²) in [5.41, 5.74) is 0.717. The maximum absolute atomic E-state index is 10.7. The average molecular weight is 195 g/mol. The fourth-order valence-corrected chi connectivity index (χ4v) is 1.70. The van der Waals surface area contributed by atoms with Gasteiger partial charge in [-0.05, 0) is 32.6 Å². The highest BCUT2D eigenvalue weighted by atomic mass is 16.4. The van der Waals surface area contributed by atoms with E-state index in [1.54, 1.807) is 11.6 Å². The Morgan fingerprint density at radius 2 is 2.29 bits per heavy atom. The number of carbonyl (C=O) groups is 1. The zero-order valence-corrected chi connectivity index (χ0v) is 8.27. The van der Waals surface area contributed by atoms with Crippen LogP contribution in [0.1, 0.15) is 42.0 Å². The number of carboxylic acid groups (broad SMARTS) is 1. The van der Waals surface area contributed by atoms with Crippen LogP contribution in [0.2, 0.25) is 0 Å². The summed E-state index contributed by atoms with van der Waals surface area (Å²) in [6, 6.07) is 0.274. The molecule has 1 aromatic heterocycles. The predicted octanol–water partition coefficient (Wildman–Crippen LogP) is 1.26. The molecule has 0 spiro atoms. The van der Waals surface area contributed by atoms with Gasteiger partial charge in [0.05, 0.1) is 11.7 Å². The number of hydrogen-bond acceptors (Lipinski definition) is 3. The van der Waals surface area contributed by atoms with Crippen molar-refractivity contribution in [1.29, 1.82) is 0 Å². The van der Waals surface area contributed by atoms with Crippen molar-refractivity contribution >= 4 is 5.97 Å². The van der Waals surface area contributed by atoms with E-state index in [1.807, 2.05) is 0 Å². The van der Waals surface area contributed by atoms with E-state index in [9.17, 15) is 4.79 Å². The monoisotopic (exact) mass is 195 g/mol. The third-order valence-corrected chi connectivity index (χ3v) is 2.82. The molecule has 1 heterocycles. The second kappa shape index (κ2) is 3.08. The quantitative estimate of drug-likeness (QED) is 0.788. The van der Waals surface area contributed by atoms with Gasteiger partial charge >= 0.3 is 5.97 Å². The lowest BCUT2D eigenvalue weighted by Gasteiger charge is -2.11. The van der Waals surface area contributed by atoms with E-state index in [-0.39, 0.29) is 11.7 Å². The summed E-state index contributed by atoms with van der Waals surface area (Å²) in [6.45, 7) is 3.81. The molecule has 1 fully saturated rings. The minimum atomic E-state index is -1.00. The van der Waals surface area contributed by atoms with Gasteiger partial charge in [0.25, 0.3) is 0 Å². The number of rotatable bonds is 3. The average Bonchev–Trinajstić information content (AvgIpc) is 2.88. The van der Waals surface area contributed by atoms with Crippen LogP contribution in [-0.4, -0.2) is 26.1 Å². The second-order valence-electron chi connectivity index (χ2n) is 3.85. The van der Waals surface area contributed by atoms with E-state index in [2.05, 4.69) is 17.2 Å². The van der Waals surface area contributed by atoms with Gasteiger partial charge in [0, 0.05) is 0 Å². The molecule has 2 rings (SSSR count). The Hall–Kier alpha value is -1.39. The van der Waals surface area contributed by atoms with Gasteiger partial charge in [-0.25, -0.2) is 9.48 Å². The summed E-state index contributed by atoms with van der Waals surface area (Å²) < 4.78 is 1.72. The molecule has 1 saturated carbocycles. The fourth-order valence-electron chi connectivity index (χ4n) is 1.70. The first-order valence-corrected chi connectivity index (χ1v) is 4.76. The Kier molecular flexibility index (Phi) is 2.02. The van der Waals surface area contributed by atoms with E-state index in [0.717, 1.165) is 0 Å². The molecule has 5 nitrogen and oxygen atoms in total. The number of nitrogens with zero attached hydrogens (tertiary/aromatic N) is 3. The third-order valence-electron chi connectivity index (χ3n) is 2.82. The molecule has 1 N–H and O–H groups in total. The topological polar surface area (TPSA) is 68.0 Å². The van der Waals surface area contributed by atoms with E-state index in [1.165, 1.54) is 12.8 Å². The first-order valence-electron chi connectivity index (χ1n) is 4.76. The first kappa shape index (κ1) is 9.18. The van der Waals surface area contributed by atoms with Gasteiger partial charge in [0.15, 0.2) is 5.69 Å². The van der Waals surface area contributed by atoms with E-state index in [0.29, 0.717) is 11.6 Å². The summed E-state index contributed by atoms with van der Waals surface area (Å²) in [6.07, 6.45) is 2.42. The minimum Gasteiger partial charge on any atom is -0.476 e. The molecule has 1 aromatic rings. The molecule has 0 saturated heterocycles. The molecule has 5 heteroatoms. The van der Waals surface area contributed by atoms with Crippen LogP contribution in [0.3, 0.4) is 0 Å². The number of carboxylic acids is 1. The van der Waals surface area contributed by atoms with E-state index in [4.69, 9.17) is 5.11 Å². The molecular formula is C9H13N3O2. The summed E-state index contributed by atoms with van der Waals surface area (Å²) in [5, 5.41) is 16.3. The van der Waals surface area contributed by atoms with Crippen LogP contribution in [0.25, 0.3) is 0 Å². The minimum absolute atomic E-state index is 0.0671. The van der Waals surface area contributed by atoms with Gasteiger partial charge in [-0.1, -0.05) is 5.21 Å². The van der Waals surface area contributed by atoms with Gasteiger partial charge in [-0.15, -0.1) is 5.10 Å². The summed E-state index contributed by atoms with van der Waals surface area (Å²) in [5.74, 6) is -0.353. The Labute approximate surface area is 81.7 Å². The predicted molar refractivity (Wildman–Crippen MR) is 49.2 cm³/mol. The maximum Gasteiger partial charge on any atom is 0.358 e. The smallest absolute Gasteiger partial charge is 0.358 e. The van der Waals surface area contributed by atoms with Gasteiger partial charge < -0.3 is 5.11 Å². The molecule has 0 aromatic carbocycles. The third kappa shape index (κ3) is 1.38. The largest absolute Gasteiger partial charge is 0.476 e. The number of hydrogen-bond donors (Lipinski definition) is 1. The highest BCUT2D eigenvalue weighted by Gasteiger charge is 2.31. The van der Waals surface area contributed by atoms with Crippen molar-refractivity contribution in [1.82, 2.24) is 15.0 Å². The first-order chi connectivity index (χ1) is 6.61. The lowest BCUT2D eigenvalue weighted by molar-refractivity contribution is 0.0689. The normalized spacial score (nSPS) is 18.1. The van der Waals surface area contributed by atoms with E-state index >= 15 is 0 Å². The van der Waals surface area contributed by atoms with E-state index < -0.39 is 5.97 Å². The van der Waals surface area contributed by atoms with Crippen LogP contribution in [0, 0.1) is 12.8 Å². The Bertz CT molecular complexity index is 368. The maximum atomic E-state index is 10.7. The molecular weight excluding hydrogens is 182 g/mol. The zero-order chi connectivity index (χ0) is 10.3. The molecule has 1 aliphatic carbocycles. The Morgan fingerprint density at radius 3 is 2.71 bits per heavy atom. The van der Waals surface area contributed by atoms with Crippen molar-refractivity contribution in [2.75, 3.05) is 0 Å². The lowest BCUT2D eigenvalue weighted by atomic mass is 10.2. The van der Waals surface area contributed by atoms with Crippen LogP contribution >= 0.6 is 0 Å². The Morgan fingerprint density at radius 1 is 1.64 bits per heavy atom. The Balaban J connectivity index is 2.30. The van der Waals surface area contributed by atoms with Crippen molar-refractivity contribution in [3.8, 4) is 0 Å². The molecule has 1 atom stereocenters. The molecule has 0 amide bonds. The molecule has 76 valence electrons. The molecule has 0 aliphatic heterocycles. The van der Waals surface area contributed by atoms with Gasteiger partial charge in [-0.2, -0.15) is 0 Å². The van der Waals surface area contributed by atoms with Crippen LogP contribution < -0.4 is 0 Å². The zero-order valence-electron chi connectivity index (χ0n) is 8.27. The SMILES string of the molecule is Cc1c(C(=O)O)nnn1C(C)C1CC1. The van der Waals surface area contributed by atoms with Crippen LogP contribution in [0.5, 0.6) is 0 Å². The summed E-state index contributed by atoms with van der Waals surface area (Å²) in [7, 11) is 0. The van der Waals surface area contributed by atoms with Crippen molar-refractivity contribution in [3.63, 3.8) is 0 Å². The molecule has 0 radical (unpaired) electrons. The highest BCUT2D eigenvalue weighted by Crippen LogP contribution is 2.39. The number of aromatic carboxylic acids is 1. The summed E-state index contributed by atoms with van der Waals surface area (Å²) in [4.78, 5) is 10.7. The second-order valence-corrected chi connectivity index (χ2v) is 3.85. The van der Waals surface area contributed by atoms with Crippen molar-refractivity contribution < 1.29 is 9.90 Å². The molecule has 1 aliphatic rings. The summed E-state index contributed by atoms with van der Waals surface area (Å²) >= 11 is 0. The lowest BCUT2D eigenvalue weighted by Crippen LogP contribution is -2.11.